The number of hydrogen-bond donors (Lipinski definition) is 3. The Morgan fingerprint density at radius 1 is 1.53 bits per heavy atom. The number of benzene rings is 1. The first-order valence-corrected chi connectivity index (χ1v) is 4.99. The van der Waals surface area contributed by atoms with Gasteiger partial charge in [0.2, 0.25) is 0 Å². The third-order valence-electron chi connectivity index (χ3n) is 2.52. The lowest BCUT2D eigenvalue weighted by Gasteiger charge is -2.06. The van der Waals surface area contributed by atoms with Crippen LogP contribution in [-0.2, 0) is 11.3 Å². The third kappa shape index (κ3) is 1.74. The highest BCUT2D eigenvalue weighted by molar-refractivity contribution is 5.74. The fourth-order valence-electron chi connectivity index (χ4n) is 1.74. The van der Waals surface area contributed by atoms with Crippen molar-refractivity contribution in [3.8, 4) is 0 Å². The molecule has 0 bridgehead atoms. The topological polar surface area (TPSA) is 101 Å². The normalized spacial score (nSPS) is 19.3. The Morgan fingerprint density at radius 2 is 2.41 bits per heavy atom. The Morgan fingerprint density at radius 3 is 3.18 bits per heavy atom. The van der Waals surface area contributed by atoms with Gasteiger partial charge < -0.3 is 15.4 Å². The van der Waals surface area contributed by atoms with E-state index in [0.717, 1.165) is 10.4 Å². The van der Waals surface area contributed by atoms with Crippen LogP contribution in [0.3, 0.4) is 0 Å². The van der Waals surface area contributed by atoms with Crippen molar-refractivity contribution in [2.45, 2.75) is 12.6 Å². The van der Waals surface area contributed by atoms with Gasteiger partial charge in [-0.1, -0.05) is 10.9 Å². The summed E-state index contributed by atoms with van der Waals surface area (Å²) in [6.07, 6.45) is -0.193. The van der Waals surface area contributed by atoms with Gasteiger partial charge in [0.1, 0.15) is 17.2 Å². The van der Waals surface area contributed by atoms with E-state index in [1.54, 1.807) is 12.1 Å². The smallest absolute Gasteiger partial charge is 0.410 e. The van der Waals surface area contributed by atoms with Gasteiger partial charge in [0.05, 0.1) is 0 Å². The Balaban J connectivity index is 1.83. The van der Waals surface area contributed by atoms with E-state index in [1.807, 2.05) is 6.07 Å². The molecule has 88 valence electrons. The molecule has 8 heteroatoms. The van der Waals surface area contributed by atoms with Crippen LogP contribution in [0.5, 0.6) is 0 Å². The molecule has 2 heterocycles. The van der Waals surface area contributed by atoms with Crippen molar-refractivity contribution >= 4 is 17.1 Å². The molecule has 1 aliphatic rings. The number of hydrogen-bond acceptors (Lipinski definition) is 6. The minimum atomic E-state index is -0.489. The van der Waals surface area contributed by atoms with Crippen molar-refractivity contribution in [3.63, 3.8) is 0 Å². The highest BCUT2D eigenvalue weighted by Gasteiger charge is 2.22. The molecule has 0 aliphatic carbocycles. The number of aromatic nitrogens is 3. The third-order valence-corrected chi connectivity index (χ3v) is 2.52. The summed E-state index contributed by atoms with van der Waals surface area (Å²) in [5, 5.41) is 19.2. The molecule has 8 nitrogen and oxygen atoms in total. The number of fused-ring (bicyclic) bond motifs is 1. The molecule has 0 radical (unpaired) electrons. The number of carbonyl (C=O) groups excluding carboxylic acids is 1. The van der Waals surface area contributed by atoms with Gasteiger partial charge >= 0.3 is 6.09 Å². The average molecular weight is 235 g/mol. The van der Waals surface area contributed by atoms with Crippen molar-refractivity contribution in [1.29, 1.82) is 0 Å². The standard InChI is InChI=1S/C9H9N5O3/c15-9-10-8(12-17-9)4-5-1-2-7-6(3-5)11-13-14(7)16/h1-3,8,12,16H,4H2,(H,10,15). The lowest BCUT2D eigenvalue weighted by molar-refractivity contribution is 0.121. The van der Waals surface area contributed by atoms with Gasteiger partial charge in [-0.05, 0) is 22.9 Å². The summed E-state index contributed by atoms with van der Waals surface area (Å²) < 4.78 is 0. The lowest BCUT2D eigenvalue weighted by Crippen LogP contribution is -2.33. The zero-order chi connectivity index (χ0) is 11.8. The zero-order valence-electron chi connectivity index (χ0n) is 8.62. The number of rotatable bonds is 2. The molecule has 1 fully saturated rings. The van der Waals surface area contributed by atoms with Crippen molar-refractivity contribution < 1.29 is 14.8 Å². The Bertz CT molecular complexity index is 581. The van der Waals surface area contributed by atoms with E-state index in [9.17, 15) is 10.0 Å². The van der Waals surface area contributed by atoms with Gasteiger partial charge in [0.25, 0.3) is 0 Å². The van der Waals surface area contributed by atoms with E-state index >= 15 is 0 Å². The molecule has 1 aliphatic heterocycles. The van der Waals surface area contributed by atoms with Crippen molar-refractivity contribution in [2.24, 2.45) is 0 Å². The molecule has 0 saturated carbocycles. The molecule has 2 aromatic rings. The molecule has 17 heavy (non-hydrogen) atoms. The molecular weight excluding hydrogens is 226 g/mol. The first-order chi connectivity index (χ1) is 8.22. The second-order valence-electron chi connectivity index (χ2n) is 3.71. The summed E-state index contributed by atoms with van der Waals surface area (Å²) >= 11 is 0. The van der Waals surface area contributed by atoms with Crippen LogP contribution in [0.25, 0.3) is 11.0 Å². The molecule has 1 atom stereocenters. The van der Waals surface area contributed by atoms with Crippen LogP contribution in [0.4, 0.5) is 4.79 Å². The summed E-state index contributed by atoms with van der Waals surface area (Å²) in [6.45, 7) is 0. The maximum atomic E-state index is 10.8. The number of amides is 1. The largest absolute Gasteiger partial charge is 0.427 e. The van der Waals surface area contributed by atoms with Crippen LogP contribution in [-0.4, -0.2) is 32.6 Å². The molecular formula is C9H9N5O3. The number of carbonyl (C=O) groups is 1. The second kappa shape index (κ2) is 3.59. The minimum Gasteiger partial charge on any atom is -0.410 e. The highest BCUT2D eigenvalue weighted by atomic mass is 16.7. The Kier molecular flexibility index (Phi) is 2.08. The molecule has 1 unspecified atom stereocenters. The van der Waals surface area contributed by atoms with E-state index in [0.29, 0.717) is 17.5 Å². The maximum absolute atomic E-state index is 10.8. The summed E-state index contributed by atoms with van der Waals surface area (Å²) in [5.74, 6) is 0. The SMILES string of the molecule is O=C1NC(Cc2ccc3c(c2)nnn3O)NO1. The van der Waals surface area contributed by atoms with Crippen molar-refractivity contribution in [1.82, 2.24) is 26.0 Å². The molecule has 1 aromatic heterocycles. The molecule has 0 spiro atoms. The summed E-state index contributed by atoms with van der Waals surface area (Å²) in [7, 11) is 0. The van der Waals surface area contributed by atoms with Crippen LogP contribution in [0, 0.1) is 0 Å². The Labute approximate surface area is 95.1 Å². The van der Waals surface area contributed by atoms with E-state index in [1.165, 1.54) is 0 Å². The van der Waals surface area contributed by atoms with Crippen molar-refractivity contribution in [3.05, 3.63) is 23.8 Å². The van der Waals surface area contributed by atoms with Crippen LogP contribution in [0.1, 0.15) is 5.56 Å². The number of nitrogens with zero attached hydrogens (tertiary/aromatic N) is 3. The first-order valence-electron chi connectivity index (χ1n) is 4.99. The van der Waals surface area contributed by atoms with E-state index in [4.69, 9.17) is 0 Å². The fourth-order valence-corrected chi connectivity index (χ4v) is 1.74. The monoisotopic (exact) mass is 235 g/mol. The van der Waals surface area contributed by atoms with Gasteiger partial charge in [0.15, 0.2) is 0 Å². The van der Waals surface area contributed by atoms with Gasteiger partial charge in [-0.2, -0.15) is 0 Å². The maximum Gasteiger partial charge on any atom is 0.427 e. The van der Waals surface area contributed by atoms with E-state index in [2.05, 4.69) is 25.9 Å². The summed E-state index contributed by atoms with van der Waals surface area (Å²) in [6, 6.07) is 5.33. The minimum absolute atomic E-state index is 0.260. The van der Waals surface area contributed by atoms with E-state index in [-0.39, 0.29) is 6.17 Å². The average Bonchev–Trinajstić information content (AvgIpc) is 2.87. The summed E-state index contributed by atoms with van der Waals surface area (Å²) in [4.78, 5) is 16.1. The van der Waals surface area contributed by atoms with Crippen LogP contribution >= 0.6 is 0 Å². The second-order valence-corrected chi connectivity index (χ2v) is 3.71. The molecule has 1 aromatic carbocycles. The number of nitrogens with one attached hydrogen (secondary N) is 2. The predicted molar refractivity (Wildman–Crippen MR) is 55.0 cm³/mol. The fraction of sp³-hybridized carbons (Fsp3) is 0.222. The molecule has 1 saturated heterocycles. The zero-order valence-corrected chi connectivity index (χ0v) is 8.62. The van der Waals surface area contributed by atoms with Gasteiger partial charge in [-0.25, -0.2) is 4.79 Å². The van der Waals surface area contributed by atoms with Gasteiger partial charge in [0, 0.05) is 6.42 Å². The molecule has 3 rings (SSSR count). The lowest BCUT2D eigenvalue weighted by atomic mass is 10.1. The van der Waals surface area contributed by atoms with E-state index < -0.39 is 6.09 Å². The first kappa shape index (κ1) is 9.85. The van der Waals surface area contributed by atoms with Crippen LogP contribution in [0.2, 0.25) is 0 Å². The quantitative estimate of drug-likeness (QED) is 0.622. The number of hydroxylamine groups is 1. The Hall–Kier alpha value is -2.35. The van der Waals surface area contributed by atoms with Gasteiger partial charge in [-0.3, -0.25) is 0 Å². The van der Waals surface area contributed by atoms with Crippen LogP contribution < -0.4 is 10.8 Å². The van der Waals surface area contributed by atoms with Crippen molar-refractivity contribution in [2.75, 3.05) is 0 Å². The molecule has 3 N–H and O–H groups in total. The summed E-state index contributed by atoms with van der Waals surface area (Å²) in [5.41, 5.74) is 4.63. The predicted octanol–water partition coefficient (Wildman–Crippen LogP) is -0.218. The molecule has 1 amide bonds. The van der Waals surface area contributed by atoms with Crippen LogP contribution in [0.15, 0.2) is 18.2 Å². The van der Waals surface area contributed by atoms with Gasteiger partial charge in [-0.15, -0.1) is 10.6 Å². The highest BCUT2D eigenvalue weighted by Crippen LogP contribution is 2.14.